The average Bonchev–Trinajstić information content (AvgIpc) is 2.73. The van der Waals surface area contributed by atoms with Gasteiger partial charge in [0.2, 0.25) is 0 Å². The van der Waals surface area contributed by atoms with Gasteiger partial charge in [-0.2, -0.15) is 13.2 Å². The Balaban J connectivity index is 2.06. The lowest BCUT2D eigenvalue weighted by atomic mass is 10.1. The third kappa shape index (κ3) is 5.32. The molecule has 0 radical (unpaired) electrons. The summed E-state index contributed by atoms with van der Waals surface area (Å²) in [7, 11) is -3.17. The lowest BCUT2D eigenvalue weighted by molar-refractivity contribution is -0.137. The number of carbonyl (C=O) groups is 1. The molecule has 0 bridgehead atoms. The second kappa shape index (κ2) is 9.07. The molecule has 168 valence electrons. The Labute approximate surface area is 186 Å². The lowest BCUT2D eigenvalue weighted by Crippen LogP contribution is -2.30. The highest BCUT2D eigenvalue weighted by Gasteiger charge is 2.32. The maximum Gasteiger partial charge on any atom is 0.416 e. The first-order valence-electron chi connectivity index (χ1n) is 9.40. The van der Waals surface area contributed by atoms with Gasteiger partial charge in [-0.25, -0.2) is 13.2 Å². The minimum absolute atomic E-state index is 0.00799. The number of alkyl halides is 3. The van der Waals surface area contributed by atoms with Crippen molar-refractivity contribution in [2.75, 3.05) is 29.8 Å². The van der Waals surface area contributed by atoms with E-state index in [9.17, 15) is 26.4 Å². The maximum absolute atomic E-state index is 13.3. The van der Waals surface area contributed by atoms with Crippen LogP contribution in [0.2, 0.25) is 0 Å². The molecular formula is C20H20BrF3N2O4S. The van der Waals surface area contributed by atoms with Crippen LogP contribution in [0.5, 0.6) is 0 Å². The Morgan fingerprint density at radius 1 is 1.10 bits per heavy atom. The van der Waals surface area contributed by atoms with Crippen LogP contribution in [-0.2, 0) is 20.9 Å². The number of rotatable bonds is 5. The van der Waals surface area contributed by atoms with Crippen LogP contribution in [0, 0.1) is 0 Å². The van der Waals surface area contributed by atoms with Crippen molar-refractivity contribution in [3.05, 3.63) is 52.0 Å². The maximum atomic E-state index is 13.3. The molecule has 0 saturated carbocycles. The normalized spacial score (nSPS) is 14.9. The van der Waals surface area contributed by atoms with E-state index in [-0.39, 0.29) is 20.6 Å². The Bertz CT molecular complexity index is 1080. The fourth-order valence-corrected chi connectivity index (χ4v) is 5.41. The summed E-state index contributed by atoms with van der Waals surface area (Å²) in [6.07, 6.45) is -1.91. The minimum Gasteiger partial charge on any atom is -0.465 e. The Morgan fingerprint density at radius 2 is 1.77 bits per heavy atom. The summed E-state index contributed by atoms with van der Waals surface area (Å²) in [4.78, 5) is 13.4. The number of hydrogen-bond donors (Lipinski definition) is 1. The van der Waals surface area contributed by atoms with E-state index in [0.717, 1.165) is 44.6 Å². The number of hydrogen-bond acceptors (Lipinski definition) is 5. The van der Waals surface area contributed by atoms with Crippen LogP contribution in [0.25, 0.3) is 0 Å². The third-order valence-corrected chi connectivity index (χ3v) is 7.27. The van der Waals surface area contributed by atoms with Gasteiger partial charge in [-0.05, 0) is 71.6 Å². The smallest absolute Gasteiger partial charge is 0.416 e. The molecule has 0 spiro atoms. The highest BCUT2D eigenvalue weighted by atomic mass is 79.9. The zero-order valence-corrected chi connectivity index (χ0v) is 18.9. The van der Waals surface area contributed by atoms with E-state index in [0.29, 0.717) is 18.8 Å². The minimum atomic E-state index is -4.63. The summed E-state index contributed by atoms with van der Waals surface area (Å²) >= 11 is 3.13. The summed E-state index contributed by atoms with van der Waals surface area (Å²) < 4.78 is 73.1. The zero-order valence-electron chi connectivity index (χ0n) is 16.5. The Hall–Kier alpha value is -2.27. The summed E-state index contributed by atoms with van der Waals surface area (Å²) in [5.74, 6) is -0.739. The first kappa shape index (κ1) is 23.4. The van der Waals surface area contributed by atoms with E-state index in [2.05, 4.69) is 25.4 Å². The molecule has 2 aromatic carbocycles. The lowest BCUT2D eigenvalue weighted by Gasteiger charge is -2.31. The van der Waals surface area contributed by atoms with Crippen molar-refractivity contribution in [3.63, 3.8) is 0 Å². The van der Waals surface area contributed by atoms with E-state index in [1.54, 1.807) is 0 Å². The number of esters is 1. The molecule has 1 aliphatic rings. The van der Waals surface area contributed by atoms with Gasteiger partial charge in [-0.15, -0.1) is 0 Å². The van der Waals surface area contributed by atoms with Crippen LogP contribution in [-0.4, -0.2) is 34.6 Å². The fraction of sp³-hybridized carbons (Fsp3) is 0.350. The van der Waals surface area contributed by atoms with Crippen molar-refractivity contribution in [3.8, 4) is 0 Å². The van der Waals surface area contributed by atoms with Gasteiger partial charge in [0.1, 0.15) is 4.90 Å². The van der Waals surface area contributed by atoms with Gasteiger partial charge in [0.05, 0.1) is 29.6 Å². The number of piperidine rings is 1. The number of anilines is 2. The molecule has 0 aromatic heterocycles. The van der Waals surface area contributed by atoms with Gasteiger partial charge in [-0.1, -0.05) is 0 Å². The van der Waals surface area contributed by atoms with Crippen LogP contribution < -0.4 is 9.62 Å². The second-order valence-electron chi connectivity index (χ2n) is 7.02. The molecule has 1 saturated heterocycles. The molecule has 0 aliphatic carbocycles. The quantitative estimate of drug-likeness (QED) is 0.558. The third-order valence-electron chi connectivity index (χ3n) is 4.91. The number of methoxy groups -OCH3 is 1. The highest BCUT2D eigenvalue weighted by molar-refractivity contribution is 9.10. The topological polar surface area (TPSA) is 75.7 Å². The number of ether oxygens (including phenoxy) is 1. The highest BCUT2D eigenvalue weighted by Crippen LogP contribution is 2.37. The molecule has 0 unspecified atom stereocenters. The Morgan fingerprint density at radius 3 is 2.39 bits per heavy atom. The molecule has 0 amide bonds. The number of benzene rings is 2. The number of carbonyl (C=O) groups excluding carboxylic acids is 1. The van der Waals surface area contributed by atoms with Gasteiger partial charge in [0, 0.05) is 17.6 Å². The Kier molecular flexibility index (Phi) is 6.85. The molecule has 6 nitrogen and oxygen atoms in total. The summed E-state index contributed by atoms with van der Waals surface area (Å²) in [5, 5.41) is 0. The van der Waals surface area contributed by atoms with E-state index >= 15 is 0 Å². The number of sulfonamides is 1. The molecule has 1 N–H and O–H groups in total. The summed E-state index contributed by atoms with van der Waals surface area (Å²) in [6.45, 7) is 1.23. The summed E-state index contributed by atoms with van der Waals surface area (Å²) in [6, 6.07) is 6.85. The zero-order chi connectivity index (χ0) is 22.8. The monoisotopic (exact) mass is 520 g/mol. The first-order valence-corrected chi connectivity index (χ1v) is 11.7. The summed E-state index contributed by atoms with van der Waals surface area (Å²) in [5.41, 5.74) is -0.775. The standard InChI is InChI=1S/C20H20BrF3N2O4S/c1-30-19(27)13-5-7-15(21)18(11-13)31(28,29)25-16-12-14(20(22,23)24)6-8-17(16)26-9-3-2-4-10-26/h5-8,11-12,25H,2-4,9-10H2,1H3. The van der Waals surface area contributed by atoms with Crippen molar-refractivity contribution >= 4 is 43.3 Å². The van der Waals surface area contributed by atoms with Gasteiger partial charge < -0.3 is 9.64 Å². The second-order valence-corrected chi connectivity index (χ2v) is 9.52. The van der Waals surface area contributed by atoms with Gasteiger partial charge in [-0.3, -0.25) is 4.72 Å². The average molecular weight is 521 g/mol. The van der Waals surface area contributed by atoms with Gasteiger partial charge in [0.15, 0.2) is 0 Å². The van der Waals surface area contributed by atoms with Crippen molar-refractivity contribution in [2.45, 2.75) is 30.3 Å². The van der Waals surface area contributed by atoms with Crippen LogP contribution in [0.1, 0.15) is 35.2 Å². The number of nitrogens with one attached hydrogen (secondary N) is 1. The number of halogens is 4. The molecule has 1 heterocycles. The van der Waals surface area contributed by atoms with Crippen LogP contribution in [0.15, 0.2) is 45.8 Å². The largest absolute Gasteiger partial charge is 0.465 e. The molecular weight excluding hydrogens is 501 g/mol. The van der Waals surface area contributed by atoms with Crippen molar-refractivity contribution in [1.29, 1.82) is 0 Å². The van der Waals surface area contributed by atoms with Crippen molar-refractivity contribution in [1.82, 2.24) is 0 Å². The van der Waals surface area contributed by atoms with Gasteiger partial charge >= 0.3 is 12.1 Å². The van der Waals surface area contributed by atoms with Crippen LogP contribution in [0.4, 0.5) is 24.5 Å². The first-order chi connectivity index (χ1) is 14.5. The SMILES string of the molecule is COC(=O)c1ccc(Br)c(S(=O)(=O)Nc2cc(C(F)(F)F)ccc2N2CCCCC2)c1. The van der Waals surface area contributed by atoms with E-state index in [4.69, 9.17) is 0 Å². The molecule has 31 heavy (non-hydrogen) atoms. The van der Waals surface area contributed by atoms with Crippen molar-refractivity contribution < 1.29 is 31.1 Å². The van der Waals surface area contributed by atoms with Crippen LogP contribution >= 0.6 is 15.9 Å². The predicted octanol–water partition coefficient (Wildman–Crippen LogP) is 5.05. The molecule has 3 rings (SSSR count). The fourth-order valence-electron chi connectivity index (χ4n) is 3.36. The predicted molar refractivity (Wildman–Crippen MR) is 114 cm³/mol. The molecule has 11 heteroatoms. The van der Waals surface area contributed by atoms with E-state index < -0.39 is 27.7 Å². The van der Waals surface area contributed by atoms with E-state index in [1.807, 2.05) is 4.90 Å². The number of nitrogens with zero attached hydrogens (tertiary/aromatic N) is 1. The van der Waals surface area contributed by atoms with Crippen molar-refractivity contribution in [2.24, 2.45) is 0 Å². The van der Waals surface area contributed by atoms with E-state index in [1.165, 1.54) is 18.2 Å². The molecule has 2 aromatic rings. The molecule has 1 fully saturated rings. The molecule has 1 aliphatic heterocycles. The van der Waals surface area contributed by atoms with Gasteiger partial charge in [0.25, 0.3) is 10.0 Å². The van der Waals surface area contributed by atoms with Crippen LogP contribution in [0.3, 0.4) is 0 Å². The molecule has 0 atom stereocenters.